The minimum Gasteiger partial charge on any atom is -0.284 e. The SMILES string of the molecule is CCCS(=O)(=O)Nc1ccc2c(c1)CCC2. The van der Waals surface area contributed by atoms with E-state index in [1.54, 1.807) is 0 Å². The summed E-state index contributed by atoms with van der Waals surface area (Å²) in [4.78, 5) is 0. The summed E-state index contributed by atoms with van der Waals surface area (Å²) in [6.45, 7) is 1.86. The highest BCUT2D eigenvalue weighted by molar-refractivity contribution is 7.92. The van der Waals surface area contributed by atoms with Gasteiger partial charge in [0.05, 0.1) is 5.75 Å². The largest absolute Gasteiger partial charge is 0.284 e. The minimum absolute atomic E-state index is 0.185. The predicted molar refractivity (Wildman–Crippen MR) is 66.2 cm³/mol. The van der Waals surface area contributed by atoms with Crippen molar-refractivity contribution in [1.29, 1.82) is 0 Å². The van der Waals surface area contributed by atoms with Gasteiger partial charge in [0, 0.05) is 5.69 Å². The monoisotopic (exact) mass is 239 g/mol. The Morgan fingerprint density at radius 2 is 2.00 bits per heavy atom. The van der Waals surface area contributed by atoms with E-state index in [1.807, 2.05) is 25.1 Å². The standard InChI is InChI=1S/C12H17NO2S/c1-2-8-16(14,15)13-12-7-6-10-4-3-5-11(10)9-12/h6-7,9,13H,2-5,8H2,1H3. The van der Waals surface area contributed by atoms with E-state index < -0.39 is 10.0 Å². The van der Waals surface area contributed by atoms with Gasteiger partial charge in [0.2, 0.25) is 10.0 Å². The van der Waals surface area contributed by atoms with E-state index in [1.165, 1.54) is 17.5 Å². The summed E-state index contributed by atoms with van der Waals surface area (Å²) in [6, 6.07) is 5.86. The predicted octanol–water partition coefficient (Wildman–Crippen LogP) is 2.33. The molecule has 0 unspecified atom stereocenters. The summed E-state index contributed by atoms with van der Waals surface area (Å²) in [7, 11) is -3.15. The number of anilines is 1. The Morgan fingerprint density at radius 3 is 2.75 bits per heavy atom. The Balaban J connectivity index is 2.17. The summed E-state index contributed by atoms with van der Waals surface area (Å²) >= 11 is 0. The van der Waals surface area contributed by atoms with Gasteiger partial charge in [0.1, 0.15) is 0 Å². The first-order chi connectivity index (χ1) is 7.61. The number of hydrogen-bond donors (Lipinski definition) is 1. The zero-order valence-electron chi connectivity index (χ0n) is 9.49. The molecule has 0 aromatic heterocycles. The topological polar surface area (TPSA) is 46.2 Å². The summed E-state index contributed by atoms with van der Waals surface area (Å²) in [6.07, 6.45) is 4.01. The first-order valence-corrected chi connectivity index (χ1v) is 7.38. The molecule has 0 heterocycles. The molecule has 16 heavy (non-hydrogen) atoms. The van der Waals surface area contributed by atoms with Crippen molar-refractivity contribution < 1.29 is 8.42 Å². The molecule has 0 radical (unpaired) electrons. The van der Waals surface area contributed by atoms with E-state index in [0.29, 0.717) is 12.1 Å². The van der Waals surface area contributed by atoms with Crippen molar-refractivity contribution in [3.8, 4) is 0 Å². The van der Waals surface area contributed by atoms with E-state index in [4.69, 9.17) is 0 Å². The smallest absolute Gasteiger partial charge is 0.232 e. The van der Waals surface area contributed by atoms with Crippen LogP contribution in [0.4, 0.5) is 5.69 Å². The highest BCUT2D eigenvalue weighted by atomic mass is 32.2. The van der Waals surface area contributed by atoms with Crippen molar-refractivity contribution in [2.45, 2.75) is 32.6 Å². The van der Waals surface area contributed by atoms with Crippen LogP contribution in [-0.4, -0.2) is 14.2 Å². The van der Waals surface area contributed by atoms with Crippen LogP contribution in [0.2, 0.25) is 0 Å². The number of hydrogen-bond acceptors (Lipinski definition) is 2. The molecule has 1 aliphatic rings. The molecule has 2 rings (SSSR count). The molecule has 0 aliphatic heterocycles. The first-order valence-electron chi connectivity index (χ1n) is 5.73. The molecular weight excluding hydrogens is 222 g/mol. The Labute approximate surface area is 96.9 Å². The van der Waals surface area contributed by atoms with Gasteiger partial charge in [-0.2, -0.15) is 0 Å². The van der Waals surface area contributed by atoms with Gasteiger partial charge >= 0.3 is 0 Å². The van der Waals surface area contributed by atoms with Crippen molar-refractivity contribution in [3.05, 3.63) is 29.3 Å². The van der Waals surface area contributed by atoms with E-state index in [9.17, 15) is 8.42 Å². The lowest BCUT2D eigenvalue weighted by atomic mass is 10.1. The third-order valence-corrected chi connectivity index (χ3v) is 4.34. The van der Waals surface area contributed by atoms with Crippen molar-refractivity contribution in [3.63, 3.8) is 0 Å². The molecule has 1 N–H and O–H groups in total. The minimum atomic E-state index is -3.15. The molecule has 0 spiro atoms. The van der Waals surface area contributed by atoms with Crippen molar-refractivity contribution in [2.24, 2.45) is 0 Å². The van der Waals surface area contributed by atoms with E-state index >= 15 is 0 Å². The van der Waals surface area contributed by atoms with Crippen molar-refractivity contribution in [2.75, 3.05) is 10.5 Å². The molecule has 0 fully saturated rings. The van der Waals surface area contributed by atoms with Gasteiger partial charge < -0.3 is 0 Å². The van der Waals surface area contributed by atoms with Crippen LogP contribution in [-0.2, 0) is 22.9 Å². The van der Waals surface area contributed by atoms with Crippen LogP contribution in [0.25, 0.3) is 0 Å². The molecule has 1 aromatic rings. The van der Waals surface area contributed by atoms with Crippen LogP contribution in [0, 0.1) is 0 Å². The molecule has 88 valence electrons. The Morgan fingerprint density at radius 1 is 1.25 bits per heavy atom. The maximum atomic E-state index is 11.6. The normalized spacial score (nSPS) is 14.8. The van der Waals surface area contributed by atoms with Crippen molar-refractivity contribution >= 4 is 15.7 Å². The molecule has 1 aliphatic carbocycles. The number of aryl methyl sites for hydroxylation is 2. The summed E-state index contributed by atoms with van der Waals surface area (Å²) < 4.78 is 25.8. The number of benzene rings is 1. The zero-order valence-corrected chi connectivity index (χ0v) is 10.3. The number of sulfonamides is 1. The lowest BCUT2D eigenvalue weighted by Crippen LogP contribution is -2.16. The summed E-state index contributed by atoms with van der Waals surface area (Å²) in [5.41, 5.74) is 3.35. The molecule has 0 bridgehead atoms. The molecule has 0 amide bonds. The van der Waals surface area contributed by atoms with Crippen molar-refractivity contribution in [1.82, 2.24) is 0 Å². The van der Waals surface area contributed by atoms with Gasteiger partial charge in [0.15, 0.2) is 0 Å². The molecular formula is C12H17NO2S. The quantitative estimate of drug-likeness (QED) is 0.876. The van der Waals surface area contributed by atoms with Crippen LogP contribution < -0.4 is 4.72 Å². The van der Waals surface area contributed by atoms with E-state index in [-0.39, 0.29) is 5.75 Å². The zero-order chi connectivity index (χ0) is 11.6. The van der Waals surface area contributed by atoms with Gasteiger partial charge in [-0.25, -0.2) is 8.42 Å². The fourth-order valence-corrected chi connectivity index (χ4v) is 3.26. The lowest BCUT2D eigenvalue weighted by molar-refractivity contribution is 0.600. The van der Waals surface area contributed by atoms with Crippen LogP contribution in [0.5, 0.6) is 0 Å². The third kappa shape index (κ3) is 2.55. The van der Waals surface area contributed by atoms with Gasteiger partial charge in [-0.3, -0.25) is 4.72 Å². The second-order valence-electron chi connectivity index (χ2n) is 4.26. The van der Waals surface area contributed by atoms with Gasteiger partial charge in [-0.1, -0.05) is 13.0 Å². The fraction of sp³-hybridized carbons (Fsp3) is 0.500. The van der Waals surface area contributed by atoms with E-state index in [2.05, 4.69) is 4.72 Å². The molecule has 3 nitrogen and oxygen atoms in total. The average Bonchev–Trinajstić information content (AvgIpc) is 2.63. The Hall–Kier alpha value is -1.03. The van der Waals surface area contributed by atoms with Gasteiger partial charge in [-0.05, 0) is 48.9 Å². The molecule has 1 aromatic carbocycles. The highest BCUT2D eigenvalue weighted by Gasteiger charge is 2.13. The van der Waals surface area contributed by atoms with Gasteiger partial charge in [-0.15, -0.1) is 0 Å². The van der Waals surface area contributed by atoms with Crippen LogP contribution in [0.3, 0.4) is 0 Å². The number of rotatable bonds is 4. The number of nitrogens with one attached hydrogen (secondary N) is 1. The van der Waals surface area contributed by atoms with Crippen LogP contribution in [0.15, 0.2) is 18.2 Å². The maximum Gasteiger partial charge on any atom is 0.232 e. The second kappa shape index (κ2) is 4.45. The molecule has 0 atom stereocenters. The fourth-order valence-electron chi connectivity index (χ4n) is 2.13. The van der Waals surface area contributed by atoms with Crippen LogP contribution in [0.1, 0.15) is 30.9 Å². The molecule has 4 heteroatoms. The lowest BCUT2D eigenvalue weighted by Gasteiger charge is -2.08. The van der Waals surface area contributed by atoms with E-state index in [0.717, 1.165) is 12.8 Å². The maximum absolute atomic E-state index is 11.6. The third-order valence-electron chi connectivity index (χ3n) is 2.84. The number of fused-ring (bicyclic) bond motifs is 1. The Kier molecular flexibility index (Phi) is 3.19. The second-order valence-corrected chi connectivity index (χ2v) is 6.10. The average molecular weight is 239 g/mol. The van der Waals surface area contributed by atoms with Gasteiger partial charge in [0.25, 0.3) is 0 Å². The summed E-state index contributed by atoms with van der Waals surface area (Å²) in [5, 5.41) is 0. The highest BCUT2D eigenvalue weighted by Crippen LogP contribution is 2.25. The molecule has 0 saturated carbocycles. The summed E-state index contributed by atoms with van der Waals surface area (Å²) in [5.74, 6) is 0.185. The first kappa shape index (κ1) is 11.5. The van der Waals surface area contributed by atoms with Crippen LogP contribution >= 0.6 is 0 Å². The Bertz CT molecular complexity index is 480. The molecule has 0 saturated heterocycles.